The van der Waals surface area contributed by atoms with Crippen LogP contribution in [0.4, 0.5) is 0 Å². The van der Waals surface area contributed by atoms with Crippen LogP contribution in [0.5, 0.6) is 0 Å². The Balaban J connectivity index is 2.09. The van der Waals surface area contributed by atoms with Gasteiger partial charge in [-0.1, -0.05) is 41.9 Å². The van der Waals surface area contributed by atoms with Gasteiger partial charge in [0.05, 0.1) is 0 Å². The monoisotopic (exact) mass is 380 g/mol. The Labute approximate surface area is 146 Å². The summed E-state index contributed by atoms with van der Waals surface area (Å²) in [6.45, 7) is 7.26. The molecule has 1 atom stereocenters. The lowest BCUT2D eigenvalue weighted by molar-refractivity contribution is -0.141. The lowest BCUT2D eigenvalue weighted by Crippen LogP contribution is -2.54. The molecule has 23 heavy (non-hydrogen) atoms. The molecule has 0 radical (unpaired) electrons. The summed E-state index contributed by atoms with van der Waals surface area (Å²) in [6, 6.07) is 7.86. The SMILES string of the molecule is CC(C)CCNC(=O)[C@]1(C)CCC(=O)N1Cc1cccc(Br)c1. The van der Waals surface area contributed by atoms with E-state index in [4.69, 9.17) is 0 Å². The maximum absolute atomic E-state index is 12.6. The van der Waals surface area contributed by atoms with Crippen LogP contribution in [0.3, 0.4) is 0 Å². The molecule has 0 unspecified atom stereocenters. The Hall–Kier alpha value is -1.36. The average molecular weight is 381 g/mol. The Morgan fingerprint density at radius 3 is 2.83 bits per heavy atom. The van der Waals surface area contributed by atoms with E-state index in [2.05, 4.69) is 35.1 Å². The maximum atomic E-state index is 12.6. The van der Waals surface area contributed by atoms with Gasteiger partial charge in [0.15, 0.2) is 0 Å². The summed E-state index contributed by atoms with van der Waals surface area (Å²) in [6.07, 6.45) is 1.96. The van der Waals surface area contributed by atoms with Crippen LogP contribution in [0.1, 0.15) is 45.6 Å². The highest BCUT2D eigenvalue weighted by Gasteiger charge is 2.46. The number of nitrogens with zero attached hydrogens (tertiary/aromatic N) is 1. The zero-order chi connectivity index (χ0) is 17.0. The molecule has 0 spiro atoms. The first-order chi connectivity index (χ1) is 10.8. The lowest BCUT2D eigenvalue weighted by atomic mass is 9.97. The predicted molar refractivity (Wildman–Crippen MR) is 94.8 cm³/mol. The molecule has 2 amide bonds. The normalized spacial score (nSPS) is 21.1. The van der Waals surface area contributed by atoms with Crippen LogP contribution in [-0.4, -0.2) is 28.8 Å². The van der Waals surface area contributed by atoms with E-state index in [1.54, 1.807) is 4.90 Å². The molecule has 126 valence electrons. The molecular formula is C18H25BrN2O2. The minimum atomic E-state index is -0.754. The van der Waals surface area contributed by atoms with Gasteiger partial charge >= 0.3 is 0 Å². The van der Waals surface area contributed by atoms with Crippen LogP contribution in [0.15, 0.2) is 28.7 Å². The summed E-state index contributed by atoms with van der Waals surface area (Å²) >= 11 is 3.45. The van der Waals surface area contributed by atoms with E-state index in [0.29, 0.717) is 31.8 Å². The van der Waals surface area contributed by atoms with Crippen LogP contribution in [-0.2, 0) is 16.1 Å². The Kier molecular flexibility index (Phi) is 5.84. The molecular weight excluding hydrogens is 356 g/mol. The first-order valence-corrected chi connectivity index (χ1v) is 8.95. The third kappa shape index (κ3) is 4.34. The molecule has 0 bridgehead atoms. The number of rotatable bonds is 6. The van der Waals surface area contributed by atoms with Crippen molar-refractivity contribution in [3.8, 4) is 0 Å². The van der Waals surface area contributed by atoms with E-state index in [-0.39, 0.29) is 11.8 Å². The Morgan fingerprint density at radius 1 is 1.43 bits per heavy atom. The minimum Gasteiger partial charge on any atom is -0.354 e. The van der Waals surface area contributed by atoms with Crippen molar-refractivity contribution in [3.05, 3.63) is 34.3 Å². The number of likely N-dealkylation sites (tertiary alicyclic amines) is 1. The second kappa shape index (κ2) is 7.47. The Bertz CT molecular complexity index is 588. The number of carbonyl (C=O) groups is 2. The molecule has 0 saturated carbocycles. The standard InChI is InChI=1S/C18H25BrN2O2/c1-13(2)8-10-20-17(23)18(3)9-7-16(22)21(18)12-14-5-4-6-15(19)11-14/h4-6,11,13H,7-10,12H2,1-3H3,(H,20,23)/t18-/m0/s1. The molecule has 1 aromatic rings. The number of nitrogens with one attached hydrogen (secondary N) is 1. The molecule has 1 aliphatic rings. The van der Waals surface area contributed by atoms with Gasteiger partial charge in [0, 0.05) is 24.0 Å². The fourth-order valence-electron chi connectivity index (χ4n) is 2.88. The van der Waals surface area contributed by atoms with Crippen molar-refractivity contribution < 1.29 is 9.59 Å². The van der Waals surface area contributed by atoms with Crippen molar-refractivity contribution in [1.82, 2.24) is 10.2 Å². The summed E-state index contributed by atoms with van der Waals surface area (Å²) in [4.78, 5) is 26.7. The van der Waals surface area contributed by atoms with Crippen LogP contribution >= 0.6 is 15.9 Å². The molecule has 5 heteroatoms. The summed E-state index contributed by atoms with van der Waals surface area (Å²) in [5.41, 5.74) is 0.270. The quantitative estimate of drug-likeness (QED) is 0.820. The molecule has 2 rings (SSSR count). The van der Waals surface area contributed by atoms with Crippen molar-refractivity contribution in [1.29, 1.82) is 0 Å². The number of hydrogen-bond acceptors (Lipinski definition) is 2. The summed E-state index contributed by atoms with van der Waals surface area (Å²) in [7, 11) is 0. The highest BCUT2D eigenvalue weighted by Crippen LogP contribution is 2.32. The molecule has 0 aromatic heterocycles. The van der Waals surface area contributed by atoms with Gasteiger partial charge in [0.2, 0.25) is 11.8 Å². The van der Waals surface area contributed by atoms with E-state index >= 15 is 0 Å². The second-order valence-electron chi connectivity index (χ2n) is 6.82. The molecule has 1 aliphatic heterocycles. The number of halogens is 1. The van der Waals surface area contributed by atoms with Crippen molar-refractivity contribution in [2.24, 2.45) is 5.92 Å². The van der Waals surface area contributed by atoms with Crippen LogP contribution in [0.2, 0.25) is 0 Å². The third-order valence-corrected chi connectivity index (χ3v) is 4.94. The van der Waals surface area contributed by atoms with Gasteiger partial charge in [-0.2, -0.15) is 0 Å². The molecule has 1 heterocycles. The van der Waals surface area contributed by atoms with Crippen LogP contribution in [0.25, 0.3) is 0 Å². The third-order valence-electron chi connectivity index (χ3n) is 4.45. The van der Waals surface area contributed by atoms with Gasteiger partial charge in [0.1, 0.15) is 5.54 Å². The summed E-state index contributed by atoms with van der Waals surface area (Å²) in [5, 5.41) is 3.00. The van der Waals surface area contributed by atoms with Crippen molar-refractivity contribution in [2.75, 3.05) is 6.54 Å². The summed E-state index contributed by atoms with van der Waals surface area (Å²) < 4.78 is 0.977. The average Bonchev–Trinajstić information content (AvgIpc) is 2.76. The van der Waals surface area contributed by atoms with Gasteiger partial charge in [-0.15, -0.1) is 0 Å². The van der Waals surface area contributed by atoms with E-state index in [1.165, 1.54) is 0 Å². The molecule has 1 aromatic carbocycles. The highest BCUT2D eigenvalue weighted by atomic mass is 79.9. The van der Waals surface area contributed by atoms with Crippen LogP contribution in [0, 0.1) is 5.92 Å². The maximum Gasteiger partial charge on any atom is 0.245 e. The van der Waals surface area contributed by atoms with Crippen molar-refractivity contribution >= 4 is 27.7 Å². The fourth-order valence-corrected chi connectivity index (χ4v) is 3.32. The smallest absolute Gasteiger partial charge is 0.245 e. The molecule has 1 N–H and O–H groups in total. The minimum absolute atomic E-state index is 0.0426. The number of benzene rings is 1. The van der Waals surface area contributed by atoms with Gasteiger partial charge < -0.3 is 10.2 Å². The first kappa shape index (κ1) is 18.0. The van der Waals surface area contributed by atoms with E-state index < -0.39 is 5.54 Å². The molecule has 1 saturated heterocycles. The van der Waals surface area contributed by atoms with E-state index in [9.17, 15) is 9.59 Å². The van der Waals surface area contributed by atoms with Crippen molar-refractivity contribution in [3.63, 3.8) is 0 Å². The fraction of sp³-hybridized carbons (Fsp3) is 0.556. The predicted octanol–water partition coefficient (Wildman–Crippen LogP) is 3.49. The number of hydrogen-bond donors (Lipinski definition) is 1. The molecule has 1 fully saturated rings. The lowest BCUT2D eigenvalue weighted by Gasteiger charge is -2.34. The topological polar surface area (TPSA) is 49.4 Å². The summed E-state index contributed by atoms with van der Waals surface area (Å²) in [5.74, 6) is 0.552. The van der Waals surface area contributed by atoms with Crippen LogP contribution < -0.4 is 5.32 Å². The highest BCUT2D eigenvalue weighted by molar-refractivity contribution is 9.10. The van der Waals surface area contributed by atoms with E-state index in [1.807, 2.05) is 31.2 Å². The van der Waals surface area contributed by atoms with Gasteiger partial charge in [0.25, 0.3) is 0 Å². The second-order valence-corrected chi connectivity index (χ2v) is 7.74. The van der Waals surface area contributed by atoms with Gasteiger partial charge in [-0.05, 0) is 43.4 Å². The largest absolute Gasteiger partial charge is 0.354 e. The van der Waals surface area contributed by atoms with Gasteiger partial charge in [-0.25, -0.2) is 0 Å². The molecule has 4 nitrogen and oxygen atoms in total. The number of carbonyl (C=O) groups excluding carboxylic acids is 2. The van der Waals surface area contributed by atoms with Crippen molar-refractivity contribution in [2.45, 2.75) is 52.1 Å². The van der Waals surface area contributed by atoms with Gasteiger partial charge in [-0.3, -0.25) is 9.59 Å². The number of amides is 2. The molecule has 0 aliphatic carbocycles. The van der Waals surface area contributed by atoms with E-state index in [0.717, 1.165) is 16.5 Å². The zero-order valence-electron chi connectivity index (χ0n) is 14.1. The zero-order valence-corrected chi connectivity index (χ0v) is 15.6. The Morgan fingerprint density at radius 2 is 2.17 bits per heavy atom. The first-order valence-electron chi connectivity index (χ1n) is 8.16.